The third kappa shape index (κ3) is 2.99. The second kappa shape index (κ2) is 5.87. The lowest BCUT2D eigenvalue weighted by Crippen LogP contribution is -2.12. The van der Waals surface area contributed by atoms with Gasteiger partial charge in [-0.3, -0.25) is 4.79 Å². The van der Waals surface area contributed by atoms with Crippen LogP contribution in [0.5, 0.6) is 5.75 Å². The largest absolute Gasteiger partial charge is 0.494 e. The molecular weight excluding hydrogens is 264 g/mol. The maximum atomic E-state index is 12.3. The van der Waals surface area contributed by atoms with E-state index in [2.05, 4.69) is 10.6 Å². The third-order valence-electron chi connectivity index (χ3n) is 3.48. The molecule has 0 radical (unpaired) electrons. The van der Waals surface area contributed by atoms with Crippen LogP contribution in [0, 0.1) is 0 Å². The van der Waals surface area contributed by atoms with Gasteiger partial charge in [-0.15, -0.1) is 0 Å². The van der Waals surface area contributed by atoms with Gasteiger partial charge in [0.15, 0.2) is 0 Å². The lowest BCUT2D eigenvalue weighted by atomic mass is 10.1. The van der Waals surface area contributed by atoms with Gasteiger partial charge in [0.25, 0.3) is 5.91 Å². The highest BCUT2D eigenvalue weighted by Crippen LogP contribution is 2.24. The quantitative estimate of drug-likeness (QED) is 0.904. The lowest BCUT2D eigenvalue weighted by Gasteiger charge is -2.09. The molecule has 0 atom stereocenters. The Labute approximate surface area is 124 Å². The summed E-state index contributed by atoms with van der Waals surface area (Å²) in [6.45, 7) is 3.48. The SMILES string of the molecule is CCOc1cccc(NC(=O)c2ccc3c(c2)NCC3)c1. The molecule has 2 aromatic carbocycles. The summed E-state index contributed by atoms with van der Waals surface area (Å²) in [5.41, 5.74) is 3.72. The van der Waals surface area contributed by atoms with Gasteiger partial charge in [-0.2, -0.15) is 0 Å². The van der Waals surface area contributed by atoms with E-state index in [0.29, 0.717) is 12.2 Å². The zero-order chi connectivity index (χ0) is 14.7. The predicted octanol–water partition coefficient (Wildman–Crippen LogP) is 3.31. The van der Waals surface area contributed by atoms with Crippen molar-refractivity contribution in [1.29, 1.82) is 0 Å². The van der Waals surface area contributed by atoms with Crippen LogP contribution in [0.15, 0.2) is 42.5 Å². The molecule has 1 aliphatic rings. The number of hydrogen-bond acceptors (Lipinski definition) is 3. The van der Waals surface area contributed by atoms with E-state index in [1.165, 1.54) is 5.56 Å². The molecule has 108 valence electrons. The molecule has 0 unspecified atom stereocenters. The van der Waals surface area contributed by atoms with Crippen LogP contribution in [0.4, 0.5) is 11.4 Å². The number of ether oxygens (including phenoxy) is 1. The van der Waals surface area contributed by atoms with Crippen LogP contribution in [0.3, 0.4) is 0 Å². The first-order valence-electron chi connectivity index (χ1n) is 7.17. The van der Waals surface area contributed by atoms with E-state index < -0.39 is 0 Å². The number of anilines is 2. The fraction of sp³-hybridized carbons (Fsp3) is 0.235. The number of nitrogens with one attached hydrogen (secondary N) is 2. The Hall–Kier alpha value is -2.49. The van der Waals surface area contributed by atoms with E-state index in [9.17, 15) is 4.79 Å². The average Bonchev–Trinajstić information content (AvgIpc) is 2.95. The molecular formula is C17H18N2O2. The Morgan fingerprint density at radius 3 is 3.05 bits per heavy atom. The van der Waals surface area contributed by atoms with Crippen molar-refractivity contribution in [2.75, 3.05) is 23.8 Å². The van der Waals surface area contributed by atoms with Gasteiger partial charge < -0.3 is 15.4 Å². The summed E-state index contributed by atoms with van der Waals surface area (Å²) >= 11 is 0. The van der Waals surface area contributed by atoms with Crippen LogP contribution in [0.1, 0.15) is 22.8 Å². The molecule has 2 N–H and O–H groups in total. The molecule has 0 aromatic heterocycles. The standard InChI is InChI=1S/C17H18N2O2/c1-2-21-15-5-3-4-14(11-15)19-17(20)13-7-6-12-8-9-18-16(12)10-13/h3-7,10-11,18H,2,8-9H2,1H3,(H,19,20). The van der Waals surface area contributed by atoms with Crippen molar-refractivity contribution < 1.29 is 9.53 Å². The summed E-state index contributed by atoms with van der Waals surface area (Å²) in [7, 11) is 0. The highest BCUT2D eigenvalue weighted by molar-refractivity contribution is 6.05. The molecule has 0 aliphatic carbocycles. The number of hydrogen-bond donors (Lipinski definition) is 2. The van der Waals surface area contributed by atoms with E-state index in [1.54, 1.807) is 0 Å². The first kappa shape index (κ1) is 13.5. The van der Waals surface area contributed by atoms with Gasteiger partial charge in [-0.1, -0.05) is 12.1 Å². The molecule has 0 bridgehead atoms. The molecule has 4 heteroatoms. The molecule has 4 nitrogen and oxygen atoms in total. The monoisotopic (exact) mass is 282 g/mol. The van der Waals surface area contributed by atoms with Gasteiger partial charge in [0.1, 0.15) is 5.75 Å². The maximum absolute atomic E-state index is 12.3. The van der Waals surface area contributed by atoms with Crippen molar-refractivity contribution in [3.05, 3.63) is 53.6 Å². The van der Waals surface area contributed by atoms with Crippen LogP contribution >= 0.6 is 0 Å². The van der Waals surface area contributed by atoms with Crippen LogP contribution in [0.2, 0.25) is 0 Å². The minimum Gasteiger partial charge on any atom is -0.494 e. The number of carbonyl (C=O) groups is 1. The number of rotatable bonds is 4. The molecule has 0 saturated heterocycles. The number of carbonyl (C=O) groups excluding carboxylic acids is 1. The zero-order valence-electron chi connectivity index (χ0n) is 12.0. The molecule has 3 rings (SSSR count). The van der Waals surface area contributed by atoms with Crippen LogP contribution in [-0.4, -0.2) is 19.1 Å². The Bertz CT molecular complexity index is 668. The minimum atomic E-state index is -0.111. The third-order valence-corrected chi connectivity index (χ3v) is 3.48. The van der Waals surface area contributed by atoms with E-state index in [-0.39, 0.29) is 5.91 Å². The van der Waals surface area contributed by atoms with Crippen molar-refractivity contribution in [1.82, 2.24) is 0 Å². The van der Waals surface area contributed by atoms with Gasteiger partial charge in [-0.05, 0) is 43.2 Å². The van der Waals surface area contributed by atoms with Gasteiger partial charge >= 0.3 is 0 Å². The molecule has 1 aliphatic heterocycles. The number of benzene rings is 2. The smallest absolute Gasteiger partial charge is 0.255 e. The van der Waals surface area contributed by atoms with Crippen molar-refractivity contribution in [2.45, 2.75) is 13.3 Å². The van der Waals surface area contributed by atoms with Crippen molar-refractivity contribution in [3.8, 4) is 5.75 Å². The summed E-state index contributed by atoms with van der Waals surface area (Å²) < 4.78 is 5.43. The zero-order valence-corrected chi connectivity index (χ0v) is 12.0. The van der Waals surface area contributed by atoms with Gasteiger partial charge in [0, 0.05) is 29.5 Å². The van der Waals surface area contributed by atoms with E-state index >= 15 is 0 Å². The van der Waals surface area contributed by atoms with E-state index in [0.717, 1.165) is 30.1 Å². The second-order valence-corrected chi connectivity index (χ2v) is 4.96. The molecule has 1 heterocycles. The normalized spacial score (nSPS) is 12.4. The fourth-order valence-corrected chi connectivity index (χ4v) is 2.47. The van der Waals surface area contributed by atoms with Gasteiger partial charge in [0.2, 0.25) is 0 Å². The summed E-state index contributed by atoms with van der Waals surface area (Å²) in [5.74, 6) is 0.645. The summed E-state index contributed by atoms with van der Waals surface area (Å²) in [6, 6.07) is 13.2. The van der Waals surface area contributed by atoms with Gasteiger partial charge in [-0.25, -0.2) is 0 Å². The first-order chi connectivity index (χ1) is 10.3. The maximum Gasteiger partial charge on any atom is 0.255 e. The number of amides is 1. The Morgan fingerprint density at radius 1 is 1.29 bits per heavy atom. The summed E-state index contributed by atoms with van der Waals surface area (Å²) in [4.78, 5) is 12.3. The van der Waals surface area contributed by atoms with Crippen LogP contribution in [-0.2, 0) is 6.42 Å². The van der Waals surface area contributed by atoms with E-state index in [1.807, 2.05) is 49.4 Å². The molecule has 0 saturated carbocycles. The Morgan fingerprint density at radius 2 is 2.19 bits per heavy atom. The van der Waals surface area contributed by atoms with Crippen LogP contribution in [0.25, 0.3) is 0 Å². The van der Waals surface area contributed by atoms with Crippen molar-refractivity contribution in [3.63, 3.8) is 0 Å². The summed E-state index contributed by atoms with van der Waals surface area (Å²) in [6.07, 6.45) is 1.02. The Kier molecular flexibility index (Phi) is 3.77. The highest BCUT2D eigenvalue weighted by Gasteiger charge is 2.13. The van der Waals surface area contributed by atoms with Gasteiger partial charge in [0.05, 0.1) is 6.61 Å². The predicted molar refractivity (Wildman–Crippen MR) is 84.2 cm³/mol. The first-order valence-corrected chi connectivity index (χ1v) is 7.17. The average molecular weight is 282 g/mol. The lowest BCUT2D eigenvalue weighted by molar-refractivity contribution is 0.102. The minimum absolute atomic E-state index is 0.111. The topological polar surface area (TPSA) is 50.4 Å². The molecule has 0 fully saturated rings. The molecule has 0 spiro atoms. The van der Waals surface area contributed by atoms with Crippen molar-refractivity contribution >= 4 is 17.3 Å². The van der Waals surface area contributed by atoms with Crippen LogP contribution < -0.4 is 15.4 Å². The molecule has 2 aromatic rings. The number of fused-ring (bicyclic) bond motifs is 1. The molecule has 21 heavy (non-hydrogen) atoms. The Balaban J connectivity index is 1.75. The van der Waals surface area contributed by atoms with E-state index in [4.69, 9.17) is 4.74 Å². The van der Waals surface area contributed by atoms with Crippen molar-refractivity contribution in [2.24, 2.45) is 0 Å². The fourth-order valence-electron chi connectivity index (χ4n) is 2.47. The summed E-state index contributed by atoms with van der Waals surface area (Å²) in [5, 5.41) is 6.19. The second-order valence-electron chi connectivity index (χ2n) is 4.96. The highest BCUT2D eigenvalue weighted by atomic mass is 16.5. The molecule has 1 amide bonds.